The van der Waals surface area contributed by atoms with E-state index in [9.17, 15) is 9.18 Å². The maximum absolute atomic E-state index is 13.2. The van der Waals surface area contributed by atoms with Gasteiger partial charge in [-0.05, 0) is 42.0 Å². The van der Waals surface area contributed by atoms with E-state index in [0.29, 0.717) is 17.1 Å². The molecule has 4 aromatic rings. The molecule has 0 atom stereocenters. The second-order valence-electron chi connectivity index (χ2n) is 6.59. The van der Waals surface area contributed by atoms with E-state index in [1.807, 2.05) is 24.3 Å². The van der Waals surface area contributed by atoms with Gasteiger partial charge in [-0.2, -0.15) is 10.2 Å². The third-order valence-corrected chi connectivity index (χ3v) is 5.35. The van der Waals surface area contributed by atoms with Crippen LogP contribution in [0.5, 0.6) is 0 Å². The van der Waals surface area contributed by atoms with Crippen LogP contribution in [0.2, 0.25) is 0 Å². The smallest absolute Gasteiger partial charge is 0.256 e. The number of nitrogens with zero attached hydrogens (tertiary/aromatic N) is 3. The highest BCUT2D eigenvalue weighted by Gasteiger charge is 2.18. The second-order valence-corrected chi connectivity index (χ2v) is 7.35. The summed E-state index contributed by atoms with van der Waals surface area (Å²) in [6, 6.07) is 13.8. The fraction of sp³-hybridized carbons (Fsp3) is 0.0476. The minimum absolute atomic E-state index is 0.142. The summed E-state index contributed by atoms with van der Waals surface area (Å²) in [4.78, 5) is 16.4. The van der Waals surface area contributed by atoms with Crippen molar-refractivity contribution in [2.45, 2.75) is 4.43 Å². The number of primary amides is 1. The molecule has 0 aliphatic carbocycles. The Kier molecular flexibility index (Phi) is 6.07. The van der Waals surface area contributed by atoms with Crippen LogP contribution in [-0.4, -0.2) is 32.5 Å². The molecule has 0 saturated carbocycles. The number of hydrogen-bond acceptors (Lipinski definition) is 5. The van der Waals surface area contributed by atoms with Crippen molar-refractivity contribution in [2.75, 3.05) is 5.32 Å². The Balaban J connectivity index is 1.63. The maximum Gasteiger partial charge on any atom is 0.256 e. The first kappa shape index (κ1) is 20.7. The number of H-pyrrole nitrogens is 2. The number of hydrogen-bond donors (Lipinski definition) is 4. The molecule has 0 aliphatic rings. The van der Waals surface area contributed by atoms with Crippen molar-refractivity contribution in [3.05, 3.63) is 77.2 Å². The van der Waals surface area contributed by atoms with Gasteiger partial charge >= 0.3 is 0 Å². The van der Waals surface area contributed by atoms with Crippen molar-refractivity contribution in [2.24, 2.45) is 10.7 Å². The summed E-state index contributed by atoms with van der Waals surface area (Å²) in [5, 5.41) is 16.9. The average molecular weight is 529 g/mol. The predicted molar refractivity (Wildman–Crippen MR) is 126 cm³/mol. The number of alkyl halides is 1. The van der Waals surface area contributed by atoms with Crippen LogP contribution >= 0.6 is 22.6 Å². The molecular weight excluding hydrogens is 512 g/mol. The number of rotatable bonds is 7. The standard InChI is InChI=1S/C21H17FIN7O/c22-15-6-4-13(5-7-15)18-14(11-26-28-18)10-25-20-17(19(24)31)21(30-29-20)27-16-3-1-2-12(8-16)9-23/h1-8,10-11H,9H2,(H2,24,31)(H,26,28)(H2,27,29,30). The highest BCUT2D eigenvalue weighted by Crippen LogP contribution is 2.27. The van der Waals surface area contributed by atoms with Crippen LogP contribution in [0, 0.1) is 5.82 Å². The quantitative estimate of drug-likeness (QED) is 0.160. The van der Waals surface area contributed by atoms with Crippen LogP contribution in [0.15, 0.2) is 59.7 Å². The SMILES string of the molecule is NC(=O)c1c(N=Cc2cn[nH]c2-c2ccc(F)cc2)n[nH]c1Nc1cccc(CI)c1. The first-order valence-electron chi connectivity index (χ1n) is 9.18. The molecule has 0 unspecified atom stereocenters. The van der Waals surface area contributed by atoms with E-state index < -0.39 is 5.91 Å². The Bertz CT molecular complexity index is 1250. The van der Waals surface area contributed by atoms with Crippen molar-refractivity contribution in [3.63, 3.8) is 0 Å². The van der Waals surface area contributed by atoms with Crippen LogP contribution in [-0.2, 0) is 4.43 Å². The number of aliphatic imine (C=N–C) groups is 1. The van der Waals surface area contributed by atoms with Gasteiger partial charge in [0.1, 0.15) is 17.2 Å². The molecule has 10 heteroatoms. The van der Waals surface area contributed by atoms with Gasteiger partial charge in [-0.25, -0.2) is 9.38 Å². The lowest BCUT2D eigenvalue weighted by Gasteiger charge is -2.06. The molecule has 0 bridgehead atoms. The maximum atomic E-state index is 13.2. The van der Waals surface area contributed by atoms with E-state index in [2.05, 4.69) is 53.3 Å². The zero-order valence-corrected chi connectivity index (χ0v) is 18.2. The molecule has 156 valence electrons. The van der Waals surface area contributed by atoms with Gasteiger partial charge in [0.25, 0.3) is 5.91 Å². The predicted octanol–water partition coefficient (Wildman–Crippen LogP) is 4.47. The van der Waals surface area contributed by atoms with Gasteiger partial charge in [-0.15, -0.1) is 0 Å². The van der Waals surface area contributed by atoms with Crippen LogP contribution in [0.25, 0.3) is 11.3 Å². The third-order valence-electron chi connectivity index (χ3n) is 4.47. The van der Waals surface area contributed by atoms with Crippen molar-refractivity contribution < 1.29 is 9.18 Å². The molecule has 0 aliphatic heterocycles. The van der Waals surface area contributed by atoms with Gasteiger partial charge in [-0.1, -0.05) is 34.7 Å². The molecular formula is C21H17FIN7O. The minimum Gasteiger partial charge on any atom is -0.365 e. The molecule has 5 N–H and O–H groups in total. The largest absolute Gasteiger partial charge is 0.365 e. The number of halogens is 2. The lowest BCUT2D eigenvalue weighted by Crippen LogP contribution is -2.12. The minimum atomic E-state index is -0.667. The molecule has 0 radical (unpaired) electrons. The van der Waals surface area contributed by atoms with Crippen LogP contribution in [0.1, 0.15) is 21.5 Å². The first-order chi connectivity index (χ1) is 15.0. The highest BCUT2D eigenvalue weighted by molar-refractivity contribution is 14.1. The number of amides is 1. The number of carbonyl (C=O) groups is 1. The number of nitrogens with two attached hydrogens (primary N) is 1. The van der Waals surface area contributed by atoms with Gasteiger partial charge in [-0.3, -0.25) is 15.0 Å². The van der Waals surface area contributed by atoms with E-state index >= 15 is 0 Å². The molecule has 0 spiro atoms. The van der Waals surface area contributed by atoms with Gasteiger partial charge in [0, 0.05) is 27.5 Å². The molecule has 2 aromatic heterocycles. The monoisotopic (exact) mass is 529 g/mol. The molecule has 31 heavy (non-hydrogen) atoms. The summed E-state index contributed by atoms with van der Waals surface area (Å²) in [5.74, 6) is -0.493. The van der Waals surface area contributed by atoms with E-state index in [1.54, 1.807) is 18.3 Å². The zero-order chi connectivity index (χ0) is 21.8. The summed E-state index contributed by atoms with van der Waals surface area (Å²) in [6.07, 6.45) is 3.10. The van der Waals surface area contributed by atoms with Crippen molar-refractivity contribution in [1.82, 2.24) is 20.4 Å². The lowest BCUT2D eigenvalue weighted by atomic mass is 10.1. The first-order valence-corrected chi connectivity index (χ1v) is 10.7. The Hall–Kier alpha value is -3.54. The Morgan fingerprint density at radius 3 is 2.77 bits per heavy atom. The van der Waals surface area contributed by atoms with Gasteiger partial charge in [0.15, 0.2) is 5.82 Å². The Labute approximate surface area is 190 Å². The summed E-state index contributed by atoms with van der Waals surface area (Å²) >= 11 is 2.28. The molecule has 4 rings (SSSR count). The van der Waals surface area contributed by atoms with Crippen LogP contribution < -0.4 is 11.1 Å². The topological polar surface area (TPSA) is 125 Å². The number of aromatic nitrogens is 4. The molecule has 2 heterocycles. The zero-order valence-electron chi connectivity index (χ0n) is 16.1. The van der Waals surface area contributed by atoms with E-state index in [1.165, 1.54) is 18.3 Å². The fourth-order valence-corrected chi connectivity index (χ4v) is 3.47. The van der Waals surface area contributed by atoms with Gasteiger partial charge in [0.05, 0.1) is 11.9 Å². The molecule has 2 aromatic carbocycles. The van der Waals surface area contributed by atoms with Crippen molar-refractivity contribution >= 4 is 52.0 Å². The highest BCUT2D eigenvalue weighted by atomic mass is 127. The molecule has 0 fully saturated rings. The van der Waals surface area contributed by atoms with Crippen LogP contribution in [0.3, 0.4) is 0 Å². The molecule has 1 amide bonds. The number of benzene rings is 2. The second kappa shape index (κ2) is 9.08. The summed E-state index contributed by atoms with van der Waals surface area (Å²) in [5.41, 5.74) is 9.71. The van der Waals surface area contributed by atoms with Gasteiger partial charge < -0.3 is 11.1 Å². The fourth-order valence-electron chi connectivity index (χ4n) is 3.00. The number of anilines is 2. The van der Waals surface area contributed by atoms with E-state index in [4.69, 9.17) is 5.73 Å². The Morgan fingerprint density at radius 1 is 1.23 bits per heavy atom. The van der Waals surface area contributed by atoms with E-state index in [0.717, 1.165) is 21.2 Å². The summed E-state index contributed by atoms with van der Waals surface area (Å²) in [7, 11) is 0. The Morgan fingerprint density at radius 2 is 2.03 bits per heavy atom. The van der Waals surface area contributed by atoms with Crippen LogP contribution in [0.4, 0.5) is 21.7 Å². The van der Waals surface area contributed by atoms with Gasteiger partial charge in [0.2, 0.25) is 0 Å². The van der Waals surface area contributed by atoms with E-state index in [-0.39, 0.29) is 17.2 Å². The molecule has 0 saturated heterocycles. The van der Waals surface area contributed by atoms with Crippen molar-refractivity contribution in [1.29, 1.82) is 0 Å². The summed E-state index contributed by atoms with van der Waals surface area (Å²) in [6.45, 7) is 0. The average Bonchev–Trinajstić information content (AvgIpc) is 3.40. The third kappa shape index (κ3) is 4.63. The number of carbonyl (C=O) groups excluding carboxylic acids is 1. The normalized spacial score (nSPS) is 11.2. The lowest BCUT2D eigenvalue weighted by molar-refractivity contribution is 0.100. The summed E-state index contributed by atoms with van der Waals surface area (Å²) < 4.78 is 14.1. The molecule has 8 nitrogen and oxygen atoms in total. The van der Waals surface area contributed by atoms with Crippen molar-refractivity contribution in [3.8, 4) is 11.3 Å². The number of nitrogens with one attached hydrogen (secondary N) is 3. The number of aromatic amines is 2.